The molecule has 0 bridgehead atoms. The predicted molar refractivity (Wildman–Crippen MR) is 67.4 cm³/mol. The van der Waals surface area contributed by atoms with Gasteiger partial charge in [-0.1, -0.05) is 18.2 Å². The van der Waals surface area contributed by atoms with Gasteiger partial charge in [0.05, 0.1) is 11.9 Å². The maximum atomic E-state index is 12.6. The third-order valence-corrected chi connectivity index (χ3v) is 2.84. The quantitative estimate of drug-likeness (QED) is 0.817. The van der Waals surface area contributed by atoms with Gasteiger partial charge in [-0.2, -0.15) is 4.39 Å². The van der Waals surface area contributed by atoms with Crippen LogP contribution in [0.2, 0.25) is 0 Å². The summed E-state index contributed by atoms with van der Waals surface area (Å²) in [7, 11) is 0. The molecule has 0 atom stereocenters. The summed E-state index contributed by atoms with van der Waals surface area (Å²) in [4.78, 5) is 3.61. The molecule has 0 aliphatic heterocycles. The monoisotopic (exact) mass is 230 g/mol. The SMILES string of the molecule is Cc1cccc(C)c1CNc1ccc(F)nc1. The zero-order valence-electron chi connectivity index (χ0n) is 10.00. The molecule has 2 aromatic rings. The molecule has 0 spiro atoms. The minimum absolute atomic E-state index is 0.456. The molecular formula is C14H15FN2. The van der Waals surface area contributed by atoms with E-state index in [0.29, 0.717) is 0 Å². The van der Waals surface area contributed by atoms with Crippen LogP contribution >= 0.6 is 0 Å². The summed E-state index contributed by atoms with van der Waals surface area (Å²) < 4.78 is 12.6. The lowest BCUT2D eigenvalue weighted by molar-refractivity contribution is 0.584. The van der Waals surface area contributed by atoms with E-state index in [2.05, 4.69) is 36.3 Å². The lowest BCUT2D eigenvalue weighted by Gasteiger charge is -2.11. The van der Waals surface area contributed by atoms with Crippen molar-refractivity contribution < 1.29 is 4.39 Å². The van der Waals surface area contributed by atoms with E-state index >= 15 is 0 Å². The summed E-state index contributed by atoms with van der Waals surface area (Å²) >= 11 is 0. The lowest BCUT2D eigenvalue weighted by atomic mass is 10.0. The number of halogens is 1. The fraction of sp³-hybridized carbons (Fsp3) is 0.214. The van der Waals surface area contributed by atoms with E-state index in [4.69, 9.17) is 0 Å². The molecule has 0 aliphatic carbocycles. The first-order valence-corrected chi connectivity index (χ1v) is 5.57. The second kappa shape index (κ2) is 4.95. The van der Waals surface area contributed by atoms with Gasteiger partial charge in [-0.3, -0.25) is 0 Å². The molecule has 0 saturated heterocycles. The van der Waals surface area contributed by atoms with Crippen molar-refractivity contribution in [3.8, 4) is 0 Å². The average Bonchev–Trinajstić information content (AvgIpc) is 2.31. The summed E-state index contributed by atoms with van der Waals surface area (Å²) in [5.41, 5.74) is 4.62. The zero-order chi connectivity index (χ0) is 12.3. The zero-order valence-corrected chi connectivity index (χ0v) is 10.00. The number of hydrogen-bond donors (Lipinski definition) is 1. The number of rotatable bonds is 3. The Morgan fingerprint density at radius 3 is 2.41 bits per heavy atom. The van der Waals surface area contributed by atoms with Crippen LogP contribution < -0.4 is 5.32 Å². The van der Waals surface area contributed by atoms with Crippen molar-refractivity contribution >= 4 is 5.69 Å². The smallest absolute Gasteiger partial charge is 0.212 e. The number of pyridine rings is 1. The third-order valence-electron chi connectivity index (χ3n) is 2.84. The molecule has 0 amide bonds. The highest BCUT2D eigenvalue weighted by molar-refractivity contribution is 5.43. The first-order valence-electron chi connectivity index (χ1n) is 5.57. The van der Waals surface area contributed by atoms with Gasteiger partial charge in [-0.05, 0) is 42.7 Å². The maximum absolute atomic E-state index is 12.6. The molecule has 0 radical (unpaired) electrons. The number of anilines is 1. The fourth-order valence-electron chi connectivity index (χ4n) is 1.80. The van der Waals surface area contributed by atoms with Gasteiger partial charge in [-0.25, -0.2) is 4.98 Å². The number of aryl methyl sites for hydroxylation is 2. The highest BCUT2D eigenvalue weighted by Crippen LogP contribution is 2.15. The first-order chi connectivity index (χ1) is 8.16. The maximum Gasteiger partial charge on any atom is 0.212 e. The van der Waals surface area contributed by atoms with Crippen LogP contribution in [0.25, 0.3) is 0 Å². The highest BCUT2D eigenvalue weighted by Gasteiger charge is 2.02. The summed E-state index contributed by atoms with van der Waals surface area (Å²) in [5, 5.41) is 3.24. The number of benzene rings is 1. The van der Waals surface area contributed by atoms with Gasteiger partial charge in [0.1, 0.15) is 0 Å². The Morgan fingerprint density at radius 1 is 1.12 bits per heavy atom. The van der Waals surface area contributed by atoms with E-state index in [-0.39, 0.29) is 0 Å². The molecule has 0 aliphatic rings. The molecule has 1 aromatic heterocycles. The molecule has 1 N–H and O–H groups in total. The van der Waals surface area contributed by atoms with Gasteiger partial charge >= 0.3 is 0 Å². The normalized spacial score (nSPS) is 10.3. The van der Waals surface area contributed by atoms with Crippen molar-refractivity contribution in [1.29, 1.82) is 0 Å². The highest BCUT2D eigenvalue weighted by atomic mass is 19.1. The lowest BCUT2D eigenvalue weighted by Crippen LogP contribution is -2.03. The van der Waals surface area contributed by atoms with Gasteiger partial charge in [0.2, 0.25) is 5.95 Å². The molecule has 0 saturated carbocycles. The average molecular weight is 230 g/mol. The van der Waals surface area contributed by atoms with Gasteiger partial charge in [0.15, 0.2) is 0 Å². The number of nitrogens with one attached hydrogen (secondary N) is 1. The Balaban J connectivity index is 2.10. The van der Waals surface area contributed by atoms with Crippen molar-refractivity contribution in [2.45, 2.75) is 20.4 Å². The van der Waals surface area contributed by atoms with E-state index in [1.165, 1.54) is 29.0 Å². The summed E-state index contributed by atoms with van der Waals surface area (Å²) in [6, 6.07) is 9.27. The number of nitrogens with zero attached hydrogens (tertiary/aromatic N) is 1. The Bertz CT molecular complexity index is 486. The molecule has 2 rings (SSSR count). The summed E-state index contributed by atoms with van der Waals surface area (Å²) in [6.07, 6.45) is 1.50. The van der Waals surface area contributed by atoms with Gasteiger partial charge < -0.3 is 5.32 Å². The second-order valence-corrected chi connectivity index (χ2v) is 4.09. The molecule has 2 nitrogen and oxygen atoms in total. The minimum Gasteiger partial charge on any atom is -0.380 e. The van der Waals surface area contributed by atoms with Crippen LogP contribution in [0.1, 0.15) is 16.7 Å². The van der Waals surface area contributed by atoms with Crippen molar-refractivity contribution in [2.75, 3.05) is 5.32 Å². The Morgan fingerprint density at radius 2 is 1.82 bits per heavy atom. The molecule has 1 heterocycles. The van der Waals surface area contributed by atoms with Crippen LogP contribution in [-0.2, 0) is 6.54 Å². The topological polar surface area (TPSA) is 24.9 Å². The minimum atomic E-state index is -0.456. The van der Waals surface area contributed by atoms with Crippen molar-refractivity contribution in [3.63, 3.8) is 0 Å². The van der Waals surface area contributed by atoms with E-state index in [1.54, 1.807) is 6.07 Å². The molecule has 0 unspecified atom stereocenters. The van der Waals surface area contributed by atoms with Gasteiger partial charge in [0, 0.05) is 6.54 Å². The Labute approximate surface area is 101 Å². The van der Waals surface area contributed by atoms with Crippen LogP contribution in [0.15, 0.2) is 36.5 Å². The molecule has 88 valence electrons. The van der Waals surface area contributed by atoms with E-state index in [1.807, 2.05) is 6.07 Å². The molecule has 1 aromatic carbocycles. The summed E-state index contributed by atoms with van der Waals surface area (Å²) in [5.74, 6) is -0.456. The van der Waals surface area contributed by atoms with E-state index < -0.39 is 5.95 Å². The van der Waals surface area contributed by atoms with Crippen LogP contribution in [-0.4, -0.2) is 4.98 Å². The van der Waals surface area contributed by atoms with Gasteiger partial charge in [0.25, 0.3) is 0 Å². The number of aromatic nitrogens is 1. The predicted octanol–water partition coefficient (Wildman–Crippen LogP) is 3.45. The molecular weight excluding hydrogens is 215 g/mol. The molecule has 0 fully saturated rings. The second-order valence-electron chi connectivity index (χ2n) is 4.09. The van der Waals surface area contributed by atoms with E-state index in [0.717, 1.165) is 12.2 Å². The standard InChI is InChI=1S/C14H15FN2/c1-10-4-3-5-11(2)13(10)9-16-12-6-7-14(15)17-8-12/h3-8,16H,9H2,1-2H3. The Hall–Kier alpha value is -1.90. The molecule has 17 heavy (non-hydrogen) atoms. The first kappa shape index (κ1) is 11.6. The third kappa shape index (κ3) is 2.81. The largest absolute Gasteiger partial charge is 0.380 e. The number of hydrogen-bond acceptors (Lipinski definition) is 2. The van der Waals surface area contributed by atoms with Crippen molar-refractivity contribution in [2.24, 2.45) is 0 Å². The van der Waals surface area contributed by atoms with Gasteiger partial charge in [-0.15, -0.1) is 0 Å². The van der Waals surface area contributed by atoms with Crippen molar-refractivity contribution in [3.05, 3.63) is 59.2 Å². The van der Waals surface area contributed by atoms with Crippen molar-refractivity contribution in [1.82, 2.24) is 4.98 Å². The summed E-state index contributed by atoms with van der Waals surface area (Å²) in [6.45, 7) is 4.91. The van der Waals surface area contributed by atoms with Crippen LogP contribution in [0, 0.1) is 19.8 Å². The van der Waals surface area contributed by atoms with E-state index in [9.17, 15) is 4.39 Å². The van der Waals surface area contributed by atoms with Crippen LogP contribution in [0.4, 0.5) is 10.1 Å². The van der Waals surface area contributed by atoms with Crippen LogP contribution in [0.5, 0.6) is 0 Å². The Kier molecular flexibility index (Phi) is 3.38. The fourth-order valence-corrected chi connectivity index (χ4v) is 1.80. The molecule has 3 heteroatoms. The van der Waals surface area contributed by atoms with Crippen LogP contribution in [0.3, 0.4) is 0 Å².